The monoisotopic (exact) mass is 265 g/mol. The molecule has 3 N–H and O–H groups in total. The molecule has 3 aliphatic rings. The van der Waals surface area contributed by atoms with Gasteiger partial charge in [0.15, 0.2) is 0 Å². The molecule has 3 fully saturated rings. The lowest BCUT2D eigenvalue weighted by molar-refractivity contribution is -0.126. The lowest BCUT2D eigenvalue weighted by atomic mass is 9.94. The van der Waals surface area contributed by atoms with E-state index in [1.807, 2.05) is 0 Å². The minimum Gasteiger partial charge on any atom is -0.352 e. The molecule has 1 amide bonds. The number of carbonyl (C=O) groups excluding carboxylic acids is 1. The molecule has 0 spiro atoms. The molecular weight excluding hydrogens is 238 g/mol. The van der Waals surface area contributed by atoms with Crippen LogP contribution in [0.5, 0.6) is 0 Å². The van der Waals surface area contributed by atoms with Crippen LogP contribution in [0.25, 0.3) is 0 Å². The van der Waals surface area contributed by atoms with Gasteiger partial charge in [-0.3, -0.25) is 9.69 Å². The number of amides is 1. The summed E-state index contributed by atoms with van der Waals surface area (Å²) in [4.78, 5) is 14.9. The van der Waals surface area contributed by atoms with E-state index in [0.29, 0.717) is 6.04 Å². The first-order valence-corrected chi connectivity index (χ1v) is 8.04. The van der Waals surface area contributed by atoms with Gasteiger partial charge < -0.3 is 11.1 Å². The molecule has 108 valence electrons. The Morgan fingerprint density at radius 1 is 1.05 bits per heavy atom. The van der Waals surface area contributed by atoms with Crippen molar-refractivity contribution in [3.8, 4) is 0 Å². The van der Waals surface area contributed by atoms with Gasteiger partial charge in [0.1, 0.15) is 0 Å². The minimum atomic E-state index is 0.0532. The Morgan fingerprint density at radius 3 is 2.63 bits per heavy atom. The van der Waals surface area contributed by atoms with Crippen LogP contribution in [0.4, 0.5) is 0 Å². The molecule has 2 saturated carbocycles. The van der Waals surface area contributed by atoms with Gasteiger partial charge in [0.05, 0.1) is 5.92 Å². The fraction of sp³-hybridized carbons (Fsp3) is 0.933. The van der Waals surface area contributed by atoms with Crippen LogP contribution in [0.1, 0.15) is 51.4 Å². The van der Waals surface area contributed by atoms with Crippen molar-refractivity contribution < 1.29 is 4.79 Å². The van der Waals surface area contributed by atoms with Gasteiger partial charge in [0, 0.05) is 31.2 Å². The van der Waals surface area contributed by atoms with E-state index in [4.69, 9.17) is 5.73 Å². The molecule has 3 unspecified atom stereocenters. The van der Waals surface area contributed by atoms with Crippen LogP contribution in [0, 0.1) is 5.92 Å². The third-order valence-electron chi connectivity index (χ3n) is 5.04. The first kappa shape index (κ1) is 13.4. The van der Waals surface area contributed by atoms with Gasteiger partial charge in [-0.25, -0.2) is 0 Å². The second-order valence-corrected chi connectivity index (χ2v) is 6.63. The maximum atomic E-state index is 12.4. The predicted molar refractivity (Wildman–Crippen MR) is 75.7 cm³/mol. The Morgan fingerprint density at radius 2 is 1.84 bits per heavy atom. The molecule has 4 nitrogen and oxygen atoms in total. The van der Waals surface area contributed by atoms with E-state index >= 15 is 0 Å². The molecule has 1 aliphatic heterocycles. The highest BCUT2D eigenvalue weighted by molar-refractivity contribution is 5.79. The van der Waals surface area contributed by atoms with Gasteiger partial charge >= 0.3 is 0 Å². The van der Waals surface area contributed by atoms with Gasteiger partial charge in [-0.15, -0.1) is 0 Å². The summed E-state index contributed by atoms with van der Waals surface area (Å²) in [6.07, 6.45) is 9.39. The third kappa shape index (κ3) is 3.29. The number of hydrogen-bond acceptors (Lipinski definition) is 3. The largest absolute Gasteiger partial charge is 0.352 e. The van der Waals surface area contributed by atoms with Crippen LogP contribution in [0.15, 0.2) is 0 Å². The molecule has 2 aliphatic carbocycles. The SMILES string of the molecule is NC1CCCCCC1C(=O)NC1CCN(C2CC2)C1. The Kier molecular flexibility index (Phi) is 4.08. The van der Waals surface area contributed by atoms with Crippen LogP contribution in [0.3, 0.4) is 0 Å². The van der Waals surface area contributed by atoms with Gasteiger partial charge in [-0.1, -0.05) is 19.3 Å². The van der Waals surface area contributed by atoms with Crippen LogP contribution in [-0.4, -0.2) is 42.0 Å². The zero-order valence-corrected chi connectivity index (χ0v) is 11.8. The van der Waals surface area contributed by atoms with Gasteiger partial charge in [0.2, 0.25) is 5.91 Å². The number of nitrogens with one attached hydrogen (secondary N) is 1. The number of likely N-dealkylation sites (tertiary alicyclic amines) is 1. The minimum absolute atomic E-state index is 0.0532. The summed E-state index contributed by atoms with van der Waals surface area (Å²) in [5.41, 5.74) is 6.17. The summed E-state index contributed by atoms with van der Waals surface area (Å²) in [6, 6.07) is 1.26. The highest BCUT2D eigenvalue weighted by Gasteiger charge is 2.36. The quantitative estimate of drug-likeness (QED) is 0.755. The molecule has 1 heterocycles. The number of nitrogens with zero attached hydrogens (tertiary/aromatic N) is 1. The molecule has 19 heavy (non-hydrogen) atoms. The molecule has 0 aromatic carbocycles. The van der Waals surface area contributed by atoms with Crippen molar-refractivity contribution in [2.24, 2.45) is 11.7 Å². The van der Waals surface area contributed by atoms with E-state index in [9.17, 15) is 4.79 Å². The summed E-state index contributed by atoms with van der Waals surface area (Å²) in [7, 11) is 0. The molecule has 3 atom stereocenters. The molecule has 1 saturated heterocycles. The zero-order chi connectivity index (χ0) is 13.2. The summed E-state index contributed by atoms with van der Waals surface area (Å²) in [5.74, 6) is 0.273. The first-order valence-electron chi connectivity index (χ1n) is 8.04. The summed E-state index contributed by atoms with van der Waals surface area (Å²) >= 11 is 0. The first-order chi connectivity index (χ1) is 9.24. The van der Waals surface area contributed by atoms with Crippen LogP contribution >= 0.6 is 0 Å². The molecule has 0 aromatic heterocycles. The van der Waals surface area contributed by atoms with E-state index in [-0.39, 0.29) is 17.9 Å². The Bertz CT molecular complexity index is 329. The lowest BCUT2D eigenvalue weighted by Gasteiger charge is -2.23. The van der Waals surface area contributed by atoms with Crippen LogP contribution in [0.2, 0.25) is 0 Å². The molecule has 4 heteroatoms. The Labute approximate surface area is 116 Å². The summed E-state index contributed by atoms with van der Waals surface area (Å²) in [5, 5.41) is 3.26. The second kappa shape index (κ2) is 5.80. The normalized spacial score (nSPS) is 37.0. The molecule has 3 rings (SSSR count). The maximum Gasteiger partial charge on any atom is 0.224 e. The highest BCUT2D eigenvalue weighted by atomic mass is 16.2. The highest BCUT2D eigenvalue weighted by Crippen LogP contribution is 2.30. The topological polar surface area (TPSA) is 58.4 Å². The van der Waals surface area contributed by atoms with Crippen molar-refractivity contribution in [1.82, 2.24) is 10.2 Å². The van der Waals surface area contributed by atoms with E-state index in [1.54, 1.807) is 0 Å². The van der Waals surface area contributed by atoms with Gasteiger partial charge in [-0.2, -0.15) is 0 Å². The Balaban J connectivity index is 1.49. The molecule has 0 aromatic rings. The molecular formula is C15H27N3O. The van der Waals surface area contributed by atoms with Crippen molar-refractivity contribution in [3.63, 3.8) is 0 Å². The number of rotatable bonds is 3. The van der Waals surface area contributed by atoms with Crippen molar-refractivity contribution >= 4 is 5.91 Å². The van der Waals surface area contributed by atoms with Crippen molar-refractivity contribution in [3.05, 3.63) is 0 Å². The summed E-state index contributed by atoms with van der Waals surface area (Å²) < 4.78 is 0. The van der Waals surface area contributed by atoms with Crippen molar-refractivity contribution in [1.29, 1.82) is 0 Å². The number of hydrogen-bond donors (Lipinski definition) is 2. The fourth-order valence-corrected chi connectivity index (χ4v) is 3.65. The second-order valence-electron chi connectivity index (χ2n) is 6.63. The maximum absolute atomic E-state index is 12.4. The number of nitrogens with two attached hydrogens (primary N) is 1. The van der Waals surface area contributed by atoms with Crippen molar-refractivity contribution in [2.45, 2.75) is 69.5 Å². The standard InChI is InChI=1S/C15H27N3O/c16-14-5-3-1-2-4-13(14)15(19)17-11-8-9-18(10-11)12-6-7-12/h11-14H,1-10,16H2,(H,17,19). The molecule has 0 radical (unpaired) electrons. The third-order valence-corrected chi connectivity index (χ3v) is 5.04. The zero-order valence-electron chi connectivity index (χ0n) is 11.8. The average molecular weight is 265 g/mol. The van der Waals surface area contributed by atoms with Crippen LogP contribution < -0.4 is 11.1 Å². The fourth-order valence-electron chi connectivity index (χ4n) is 3.65. The van der Waals surface area contributed by atoms with Crippen molar-refractivity contribution in [2.75, 3.05) is 13.1 Å². The van der Waals surface area contributed by atoms with Gasteiger partial charge in [0.25, 0.3) is 0 Å². The number of carbonyl (C=O) groups is 1. The smallest absolute Gasteiger partial charge is 0.224 e. The predicted octanol–water partition coefficient (Wildman–Crippen LogP) is 1.25. The molecule has 0 bridgehead atoms. The summed E-state index contributed by atoms with van der Waals surface area (Å²) in [6.45, 7) is 2.21. The van der Waals surface area contributed by atoms with E-state index in [2.05, 4.69) is 10.2 Å². The van der Waals surface area contributed by atoms with E-state index < -0.39 is 0 Å². The van der Waals surface area contributed by atoms with E-state index in [0.717, 1.165) is 44.8 Å². The lowest BCUT2D eigenvalue weighted by Crippen LogP contribution is -2.46. The Hall–Kier alpha value is -0.610. The average Bonchev–Trinajstić information content (AvgIpc) is 3.17. The van der Waals surface area contributed by atoms with Crippen LogP contribution in [-0.2, 0) is 4.79 Å². The van der Waals surface area contributed by atoms with Gasteiger partial charge in [-0.05, 0) is 32.1 Å². The van der Waals surface area contributed by atoms with E-state index in [1.165, 1.54) is 25.7 Å².